The van der Waals surface area contributed by atoms with Crippen LogP contribution >= 0.6 is 28.1 Å². The standard InChI is InChI=1S/C27H26BrN3O3S/c1-17-7-5-6-10-21(17)24-14-12-20(34-24)16-29-26(33)22-13-11-19(28)15-23(22)30-27(35)31-25(32)18-8-3-2-4-9-18/h2-11,13,15,20,24H,12,14,16H2,1H3,(H,29,33)(H2,30,31,32,35). The second-order valence-electron chi connectivity index (χ2n) is 8.35. The van der Waals surface area contributed by atoms with Gasteiger partial charge in [0.15, 0.2) is 5.11 Å². The first-order chi connectivity index (χ1) is 16.9. The van der Waals surface area contributed by atoms with Gasteiger partial charge in [-0.2, -0.15) is 0 Å². The second kappa shape index (κ2) is 11.6. The quantitative estimate of drug-likeness (QED) is 0.351. The molecule has 35 heavy (non-hydrogen) atoms. The summed E-state index contributed by atoms with van der Waals surface area (Å²) in [7, 11) is 0. The molecule has 0 radical (unpaired) electrons. The van der Waals surface area contributed by atoms with Crippen LogP contribution in [0, 0.1) is 6.92 Å². The van der Waals surface area contributed by atoms with Crippen LogP contribution in [0.1, 0.15) is 50.8 Å². The molecule has 1 aliphatic heterocycles. The van der Waals surface area contributed by atoms with E-state index < -0.39 is 0 Å². The van der Waals surface area contributed by atoms with E-state index in [2.05, 4.69) is 50.9 Å². The third kappa shape index (κ3) is 6.54. The Hall–Kier alpha value is -3.07. The second-order valence-corrected chi connectivity index (χ2v) is 9.68. The Morgan fingerprint density at radius 1 is 1.00 bits per heavy atom. The number of ether oxygens (including phenoxy) is 1. The fourth-order valence-corrected chi connectivity index (χ4v) is 4.63. The van der Waals surface area contributed by atoms with Crippen LogP contribution < -0.4 is 16.0 Å². The molecule has 180 valence electrons. The van der Waals surface area contributed by atoms with E-state index >= 15 is 0 Å². The largest absolute Gasteiger partial charge is 0.368 e. The third-order valence-corrected chi connectivity index (χ3v) is 6.57. The van der Waals surface area contributed by atoms with E-state index in [1.807, 2.05) is 18.2 Å². The topological polar surface area (TPSA) is 79.5 Å². The molecule has 1 aliphatic rings. The summed E-state index contributed by atoms with van der Waals surface area (Å²) >= 11 is 8.74. The minimum atomic E-state index is -0.328. The van der Waals surface area contributed by atoms with Crippen LogP contribution in [0.4, 0.5) is 5.69 Å². The molecule has 2 atom stereocenters. The average molecular weight is 552 g/mol. The summed E-state index contributed by atoms with van der Waals surface area (Å²) in [5.74, 6) is -0.578. The first kappa shape index (κ1) is 25.0. The number of thiocarbonyl (C=S) groups is 1. The van der Waals surface area contributed by atoms with E-state index in [4.69, 9.17) is 17.0 Å². The Kier molecular flexibility index (Phi) is 8.28. The minimum Gasteiger partial charge on any atom is -0.368 e. The number of anilines is 1. The molecule has 0 saturated carbocycles. The van der Waals surface area contributed by atoms with Crippen molar-refractivity contribution < 1.29 is 14.3 Å². The third-order valence-electron chi connectivity index (χ3n) is 5.87. The van der Waals surface area contributed by atoms with Crippen LogP contribution in [0.3, 0.4) is 0 Å². The molecule has 6 nitrogen and oxygen atoms in total. The highest BCUT2D eigenvalue weighted by atomic mass is 79.9. The predicted octanol–water partition coefficient (Wildman–Crippen LogP) is 5.53. The zero-order valence-electron chi connectivity index (χ0n) is 19.2. The van der Waals surface area contributed by atoms with Gasteiger partial charge in [-0.1, -0.05) is 58.4 Å². The van der Waals surface area contributed by atoms with Gasteiger partial charge < -0.3 is 15.4 Å². The molecule has 0 bridgehead atoms. The van der Waals surface area contributed by atoms with Gasteiger partial charge in [0.1, 0.15) is 0 Å². The van der Waals surface area contributed by atoms with Crippen LogP contribution in [-0.2, 0) is 4.74 Å². The maximum absolute atomic E-state index is 13.0. The number of carbonyl (C=O) groups is 2. The van der Waals surface area contributed by atoms with Crippen molar-refractivity contribution in [3.8, 4) is 0 Å². The van der Waals surface area contributed by atoms with Gasteiger partial charge in [-0.15, -0.1) is 0 Å². The predicted molar refractivity (Wildman–Crippen MR) is 145 cm³/mol. The highest BCUT2D eigenvalue weighted by molar-refractivity contribution is 9.10. The number of benzene rings is 3. The average Bonchev–Trinajstić information content (AvgIpc) is 3.32. The van der Waals surface area contributed by atoms with E-state index in [1.54, 1.807) is 42.5 Å². The molecule has 0 spiro atoms. The van der Waals surface area contributed by atoms with Crippen LogP contribution in [-0.4, -0.2) is 29.6 Å². The molecule has 1 heterocycles. The SMILES string of the molecule is Cc1ccccc1C1CCC(CNC(=O)c2ccc(Br)cc2NC(=S)NC(=O)c2ccccc2)O1. The van der Waals surface area contributed by atoms with Crippen molar-refractivity contribution in [3.63, 3.8) is 0 Å². The number of halogens is 1. The fourth-order valence-electron chi connectivity index (χ4n) is 4.07. The van der Waals surface area contributed by atoms with Gasteiger partial charge in [-0.05, 0) is 73.4 Å². The van der Waals surface area contributed by atoms with Gasteiger partial charge in [0.25, 0.3) is 11.8 Å². The van der Waals surface area contributed by atoms with Crippen LogP contribution in [0.15, 0.2) is 77.3 Å². The lowest BCUT2D eigenvalue weighted by Gasteiger charge is -2.17. The van der Waals surface area contributed by atoms with Gasteiger partial charge in [-0.25, -0.2) is 0 Å². The number of aryl methyl sites for hydroxylation is 1. The lowest BCUT2D eigenvalue weighted by atomic mass is 10.0. The number of hydrogen-bond donors (Lipinski definition) is 3. The van der Waals surface area contributed by atoms with Gasteiger partial charge >= 0.3 is 0 Å². The molecule has 0 aromatic heterocycles. The zero-order valence-corrected chi connectivity index (χ0v) is 21.6. The fraction of sp³-hybridized carbons (Fsp3) is 0.222. The summed E-state index contributed by atoms with van der Waals surface area (Å²) in [6.07, 6.45) is 1.79. The van der Waals surface area contributed by atoms with Crippen molar-refractivity contribution in [1.82, 2.24) is 10.6 Å². The highest BCUT2D eigenvalue weighted by Gasteiger charge is 2.28. The van der Waals surface area contributed by atoms with Gasteiger partial charge in [0.05, 0.1) is 23.5 Å². The van der Waals surface area contributed by atoms with Crippen LogP contribution in [0.5, 0.6) is 0 Å². The first-order valence-electron chi connectivity index (χ1n) is 11.4. The van der Waals surface area contributed by atoms with Crippen LogP contribution in [0.25, 0.3) is 0 Å². The molecule has 1 saturated heterocycles. The number of carbonyl (C=O) groups excluding carboxylic acids is 2. The van der Waals surface area contributed by atoms with Crippen molar-refractivity contribution in [1.29, 1.82) is 0 Å². The molecule has 3 N–H and O–H groups in total. The number of nitrogens with one attached hydrogen (secondary N) is 3. The smallest absolute Gasteiger partial charge is 0.257 e. The highest BCUT2D eigenvalue weighted by Crippen LogP contribution is 2.34. The Morgan fingerprint density at radius 2 is 1.74 bits per heavy atom. The van der Waals surface area contributed by atoms with Crippen LogP contribution in [0.2, 0.25) is 0 Å². The van der Waals surface area contributed by atoms with E-state index in [1.165, 1.54) is 11.1 Å². The lowest BCUT2D eigenvalue weighted by molar-refractivity contribution is 0.0433. The van der Waals surface area contributed by atoms with E-state index in [-0.39, 0.29) is 29.1 Å². The summed E-state index contributed by atoms with van der Waals surface area (Å²) in [5, 5.41) is 8.70. The molecule has 8 heteroatoms. The molecule has 0 aliphatic carbocycles. The van der Waals surface area contributed by atoms with Crippen molar-refractivity contribution in [2.75, 3.05) is 11.9 Å². The van der Waals surface area contributed by atoms with E-state index in [0.717, 1.165) is 17.3 Å². The maximum Gasteiger partial charge on any atom is 0.257 e. The van der Waals surface area contributed by atoms with Gasteiger partial charge in [0.2, 0.25) is 0 Å². The van der Waals surface area contributed by atoms with E-state index in [9.17, 15) is 9.59 Å². The van der Waals surface area contributed by atoms with Crippen molar-refractivity contribution in [3.05, 3.63) is 99.5 Å². The Labute approximate surface area is 218 Å². The summed E-state index contributed by atoms with van der Waals surface area (Å²) in [6.45, 7) is 2.49. The molecular formula is C27H26BrN3O3S. The summed E-state index contributed by atoms with van der Waals surface area (Å²) < 4.78 is 6.98. The maximum atomic E-state index is 13.0. The molecular weight excluding hydrogens is 526 g/mol. The number of rotatable bonds is 6. The Morgan fingerprint density at radius 3 is 2.51 bits per heavy atom. The summed E-state index contributed by atoms with van der Waals surface area (Å²) in [6, 6.07) is 22.2. The first-order valence-corrected chi connectivity index (χ1v) is 12.6. The van der Waals surface area contributed by atoms with E-state index in [0.29, 0.717) is 23.4 Å². The Balaban J connectivity index is 1.36. The van der Waals surface area contributed by atoms with Gasteiger partial charge in [-0.3, -0.25) is 14.9 Å². The molecule has 3 aromatic carbocycles. The molecule has 4 rings (SSSR count). The zero-order chi connectivity index (χ0) is 24.8. The summed E-state index contributed by atoms with van der Waals surface area (Å²) in [4.78, 5) is 25.4. The van der Waals surface area contributed by atoms with Crippen molar-refractivity contribution in [2.45, 2.75) is 32.0 Å². The van der Waals surface area contributed by atoms with Crippen molar-refractivity contribution in [2.24, 2.45) is 0 Å². The van der Waals surface area contributed by atoms with Gasteiger partial charge in [0, 0.05) is 16.6 Å². The lowest BCUT2D eigenvalue weighted by Crippen LogP contribution is -2.36. The monoisotopic (exact) mass is 551 g/mol. The minimum absolute atomic E-state index is 0.0496. The molecule has 2 amide bonds. The number of hydrogen-bond acceptors (Lipinski definition) is 4. The molecule has 2 unspecified atom stereocenters. The molecule has 1 fully saturated rings. The molecule has 3 aromatic rings. The Bertz CT molecular complexity index is 1240. The summed E-state index contributed by atoms with van der Waals surface area (Å²) in [5.41, 5.74) is 3.80. The van der Waals surface area contributed by atoms with Crippen molar-refractivity contribution >= 4 is 50.8 Å². The normalized spacial score (nSPS) is 17.0. The number of amides is 2.